The van der Waals surface area contributed by atoms with Gasteiger partial charge in [0.1, 0.15) is 42.3 Å². The summed E-state index contributed by atoms with van der Waals surface area (Å²) in [5, 5.41) is 29.5. The topological polar surface area (TPSA) is 117 Å². The normalized spacial score (nSPS) is 35.5. The van der Waals surface area contributed by atoms with Crippen molar-refractivity contribution in [3.05, 3.63) is 11.9 Å². The van der Waals surface area contributed by atoms with E-state index in [1.807, 2.05) is 55.4 Å². The Morgan fingerprint density at radius 3 is 2.24 bits per heavy atom. The van der Waals surface area contributed by atoms with E-state index >= 15 is 0 Å². The molecular weight excluding hydrogens is 430 g/mol. The number of ether oxygens (including phenoxy) is 5. The first kappa shape index (κ1) is 26.5. The second-order valence-electron chi connectivity index (χ2n) is 11.1. The summed E-state index contributed by atoms with van der Waals surface area (Å²) >= 11 is 0. The van der Waals surface area contributed by atoms with Gasteiger partial charge in [0.25, 0.3) is 0 Å². The van der Waals surface area contributed by atoms with Crippen molar-refractivity contribution in [2.75, 3.05) is 6.61 Å². The van der Waals surface area contributed by atoms with E-state index in [9.17, 15) is 10.2 Å². The molecule has 3 heterocycles. The van der Waals surface area contributed by atoms with Crippen LogP contribution >= 0.6 is 0 Å². The van der Waals surface area contributed by atoms with E-state index in [2.05, 4.69) is 10.3 Å². The lowest BCUT2D eigenvalue weighted by Gasteiger charge is -2.29. The van der Waals surface area contributed by atoms with Crippen molar-refractivity contribution in [1.82, 2.24) is 15.0 Å². The fourth-order valence-electron chi connectivity index (χ4n) is 4.11. The Bertz CT molecular complexity index is 760. The van der Waals surface area contributed by atoms with Crippen LogP contribution in [0.3, 0.4) is 0 Å². The minimum Gasteiger partial charge on any atom is -0.388 e. The van der Waals surface area contributed by atoms with Crippen LogP contribution in [-0.4, -0.2) is 91.8 Å². The van der Waals surface area contributed by atoms with Gasteiger partial charge in [0.2, 0.25) is 0 Å². The third-order valence-corrected chi connectivity index (χ3v) is 5.69. The highest BCUT2D eigenvalue weighted by molar-refractivity contribution is 4.96. The zero-order chi connectivity index (χ0) is 24.6. The van der Waals surface area contributed by atoms with E-state index in [4.69, 9.17) is 23.7 Å². The van der Waals surface area contributed by atoms with Crippen LogP contribution in [0, 0.1) is 0 Å². The molecule has 10 nitrogen and oxygen atoms in total. The van der Waals surface area contributed by atoms with Gasteiger partial charge in [-0.3, -0.25) is 0 Å². The second kappa shape index (κ2) is 10.2. The second-order valence-corrected chi connectivity index (χ2v) is 11.1. The van der Waals surface area contributed by atoms with E-state index in [0.29, 0.717) is 18.8 Å². The molecule has 2 N–H and O–H groups in total. The number of nitrogens with zero attached hydrogens (tertiary/aromatic N) is 3. The number of rotatable bonds is 8. The smallest absolute Gasteiger partial charge is 0.115 e. The van der Waals surface area contributed by atoms with E-state index in [0.717, 1.165) is 0 Å². The molecule has 2 unspecified atom stereocenters. The van der Waals surface area contributed by atoms with Gasteiger partial charge >= 0.3 is 0 Å². The zero-order valence-electron chi connectivity index (χ0n) is 21.1. The summed E-state index contributed by atoms with van der Waals surface area (Å²) in [7, 11) is 0. The van der Waals surface area contributed by atoms with E-state index in [1.165, 1.54) is 0 Å². The average Bonchev–Trinajstić information content (AvgIpc) is 3.31. The lowest BCUT2D eigenvalue weighted by molar-refractivity contribution is -0.115. The molecule has 2 aliphatic heterocycles. The summed E-state index contributed by atoms with van der Waals surface area (Å²) in [6.45, 7) is 16.3. The SMILES string of the molecule is C[C@@H]1O[C@H](Cn2cc(CO[C@H]3C(O)[C@@H](COC(C)(C)C)O[C@H]3C)nn2)C(OC(C)(C)C)[C@@H]1O. The lowest BCUT2D eigenvalue weighted by atomic mass is 10.1. The average molecular weight is 472 g/mol. The Balaban J connectivity index is 1.53. The molecule has 0 spiro atoms. The van der Waals surface area contributed by atoms with Gasteiger partial charge in [-0.1, -0.05) is 5.21 Å². The van der Waals surface area contributed by atoms with Gasteiger partial charge in [0.15, 0.2) is 0 Å². The maximum Gasteiger partial charge on any atom is 0.115 e. The quantitative estimate of drug-likeness (QED) is 0.581. The fraction of sp³-hybridized carbons (Fsp3) is 0.913. The van der Waals surface area contributed by atoms with Crippen molar-refractivity contribution >= 4 is 0 Å². The van der Waals surface area contributed by atoms with Crippen molar-refractivity contribution in [2.24, 2.45) is 0 Å². The highest BCUT2D eigenvalue weighted by Crippen LogP contribution is 2.29. The number of aromatic nitrogens is 3. The first-order chi connectivity index (χ1) is 15.2. The monoisotopic (exact) mass is 471 g/mol. The Morgan fingerprint density at radius 1 is 0.939 bits per heavy atom. The van der Waals surface area contributed by atoms with Gasteiger partial charge in [-0.05, 0) is 55.4 Å². The predicted molar refractivity (Wildman–Crippen MR) is 120 cm³/mol. The van der Waals surface area contributed by atoms with Gasteiger partial charge in [-0.25, -0.2) is 4.68 Å². The first-order valence-corrected chi connectivity index (χ1v) is 11.7. The maximum absolute atomic E-state index is 10.6. The molecule has 2 fully saturated rings. The molecule has 8 atom stereocenters. The Hall–Kier alpha value is -1.14. The molecule has 3 rings (SSSR count). The molecule has 2 aliphatic rings. The fourth-order valence-corrected chi connectivity index (χ4v) is 4.11. The molecule has 2 saturated heterocycles. The standard InChI is InChI=1S/C23H41N3O7/c1-13-18(27)21(33-23(6,7)8)16(31-13)10-26-9-15(24-25-26)11-29-20-14(2)32-17(19(20)28)12-30-22(3,4)5/h9,13-14,16-21,27-28H,10-12H2,1-8H3/t13-,14-,16+,17+,18+,19?,20+,21?/m0/s1. The lowest BCUT2D eigenvalue weighted by Crippen LogP contribution is -2.41. The van der Waals surface area contributed by atoms with Crippen LogP contribution in [0.15, 0.2) is 6.20 Å². The van der Waals surface area contributed by atoms with Crippen molar-refractivity contribution in [1.29, 1.82) is 0 Å². The molecule has 1 aromatic rings. The molecular formula is C23H41N3O7. The zero-order valence-corrected chi connectivity index (χ0v) is 21.1. The summed E-state index contributed by atoms with van der Waals surface area (Å²) in [5.41, 5.74) is -0.0870. The maximum atomic E-state index is 10.6. The van der Waals surface area contributed by atoms with Gasteiger partial charge in [-0.2, -0.15) is 0 Å². The Morgan fingerprint density at radius 2 is 1.61 bits per heavy atom. The van der Waals surface area contributed by atoms with Crippen molar-refractivity contribution < 1.29 is 33.9 Å². The molecule has 190 valence electrons. The highest BCUT2D eigenvalue weighted by Gasteiger charge is 2.45. The Kier molecular flexibility index (Phi) is 8.20. The minimum atomic E-state index is -0.789. The molecule has 10 heteroatoms. The summed E-state index contributed by atoms with van der Waals surface area (Å²) < 4.78 is 31.2. The molecule has 0 amide bonds. The molecule has 0 radical (unpaired) electrons. The van der Waals surface area contributed by atoms with Crippen molar-refractivity contribution in [3.63, 3.8) is 0 Å². The van der Waals surface area contributed by atoms with Gasteiger partial charge in [-0.15, -0.1) is 5.10 Å². The van der Waals surface area contributed by atoms with Crippen LogP contribution in [0.25, 0.3) is 0 Å². The number of hydrogen-bond donors (Lipinski definition) is 2. The van der Waals surface area contributed by atoms with Crippen LogP contribution in [0.2, 0.25) is 0 Å². The van der Waals surface area contributed by atoms with E-state index < -0.39 is 36.1 Å². The third-order valence-electron chi connectivity index (χ3n) is 5.69. The number of aliphatic hydroxyl groups excluding tert-OH is 2. The molecule has 1 aromatic heterocycles. The molecule has 0 saturated carbocycles. The van der Waals surface area contributed by atoms with Gasteiger partial charge in [0, 0.05) is 0 Å². The minimum absolute atomic E-state index is 0.189. The molecule has 0 bridgehead atoms. The van der Waals surface area contributed by atoms with Crippen LogP contribution < -0.4 is 0 Å². The molecule has 0 aromatic carbocycles. The van der Waals surface area contributed by atoms with Gasteiger partial charge < -0.3 is 33.9 Å². The molecule has 0 aliphatic carbocycles. The third kappa shape index (κ3) is 7.17. The van der Waals surface area contributed by atoms with Crippen molar-refractivity contribution in [3.8, 4) is 0 Å². The highest BCUT2D eigenvalue weighted by atomic mass is 16.6. The summed E-state index contributed by atoms with van der Waals surface area (Å²) in [4.78, 5) is 0. The van der Waals surface area contributed by atoms with Crippen LogP contribution in [0.5, 0.6) is 0 Å². The van der Waals surface area contributed by atoms with Crippen molar-refractivity contribution in [2.45, 2.75) is 129 Å². The first-order valence-electron chi connectivity index (χ1n) is 11.7. The number of aliphatic hydroxyl groups is 2. The van der Waals surface area contributed by atoms with Crippen LogP contribution in [-0.2, 0) is 36.8 Å². The predicted octanol–water partition coefficient (Wildman–Crippen LogP) is 1.46. The van der Waals surface area contributed by atoms with Crippen LogP contribution in [0.1, 0.15) is 61.1 Å². The molecule has 33 heavy (non-hydrogen) atoms. The summed E-state index contributed by atoms with van der Waals surface area (Å²) in [5.74, 6) is 0. The Labute approximate surface area is 196 Å². The number of hydrogen-bond acceptors (Lipinski definition) is 9. The van der Waals surface area contributed by atoms with E-state index in [1.54, 1.807) is 10.9 Å². The van der Waals surface area contributed by atoms with Gasteiger partial charge in [0.05, 0.1) is 49.4 Å². The summed E-state index contributed by atoms with van der Waals surface area (Å²) in [6, 6.07) is 0. The van der Waals surface area contributed by atoms with Crippen LogP contribution in [0.4, 0.5) is 0 Å². The largest absolute Gasteiger partial charge is 0.388 e. The van der Waals surface area contributed by atoms with E-state index in [-0.39, 0.29) is 30.5 Å². The summed E-state index contributed by atoms with van der Waals surface area (Å²) in [6.07, 6.45) is -2.04.